The van der Waals surface area contributed by atoms with Crippen LogP contribution in [-0.2, 0) is 0 Å². The van der Waals surface area contributed by atoms with E-state index in [1.165, 1.54) is 32.1 Å². The second kappa shape index (κ2) is 7.27. The summed E-state index contributed by atoms with van der Waals surface area (Å²) >= 11 is 0. The van der Waals surface area contributed by atoms with Gasteiger partial charge in [-0.1, -0.05) is 47.0 Å². The van der Waals surface area contributed by atoms with E-state index in [-0.39, 0.29) is 5.54 Å². The summed E-state index contributed by atoms with van der Waals surface area (Å²) in [6.07, 6.45) is 7.55. The lowest BCUT2D eigenvalue weighted by Gasteiger charge is -2.25. The molecule has 0 aromatic heterocycles. The van der Waals surface area contributed by atoms with E-state index in [1.807, 2.05) is 0 Å². The van der Waals surface area contributed by atoms with E-state index in [4.69, 9.17) is 5.73 Å². The fraction of sp³-hybridized carbons (Fsp3) is 1.00. The topological polar surface area (TPSA) is 26.0 Å². The maximum Gasteiger partial charge on any atom is 0.0125 e. The summed E-state index contributed by atoms with van der Waals surface area (Å²) in [5.74, 6) is 1.68. The van der Waals surface area contributed by atoms with Crippen LogP contribution in [0.1, 0.15) is 73.1 Å². The van der Waals surface area contributed by atoms with Gasteiger partial charge in [-0.25, -0.2) is 0 Å². The number of nitrogens with two attached hydrogens (primary N) is 1. The molecule has 0 rings (SSSR count). The molecule has 0 saturated carbocycles. The van der Waals surface area contributed by atoms with Crippen LogP contribution in [0.3, 0.4) is 0 Å². The summed E-state index contributed by atoms with van der Waals surface area (Å²) in [7, 11) is 0. The van der Waals surface area contributed by atoms with Crippen molar-refractivity contribution in [3.63, 3.8) is 0 Å². The Labute approximate surface area is 96.8 Å². The Kier molecular flexibility index (Phi) is 7.25. The highest BCUT2D eigenvalue weighted by Gasteiger charge is 2.18. The molecule has 92 valence electrons. The van der Waals surface area contributed by atoms with Gasteiger partial charge in [0.2, 0.25) is 0 Å². The molecule has 0 aliphatic carbocycles. The van der Waals surface area contributed by atoms with E-state index in [0.29, 0.717) is 0 Å². The third-order valence-corrected chi connectivity index (χ3v) is 3.27. The van der Waals surface area contributed by atoms with Crippen molar-refractivity contribution in [1.82, 2.24) is 0 Å². The lowest BCUT2D eigenvalue weighted by molar-refractivity contribution is 0.333. The van der Waals surface area contributed by atoms with Crippen LogP contribution in [0.4, 0.5) is 0 Å². The Morgan fingerprint density at radius 3 is 2.07 bits per heavy atom. The lowest BCUT2D eigenvalue weighted by Crippen LogP contribution is -2.36. The van der Waals surface area contributed by atoms with Gasteiger partial charge in [0, 0.05) is 5.54 Å². The van der Waals surface area contributed by atoms with Crippen LogP contribution in [0.2, 0.25) is 0 Å². The summed E-state index contributed by atoms with van der Waals surface area (Å²) < 4.78 is 0. The zero-order valence-corrected chi connectivity index (χ0v) is 11.5. The molecule has 0 aliphatic heterocycles. The Morgan fingerprint density at radius 2 is 1.60 bits per heavy atom. The predicted molar refractivity (Wildman–Crippen MR) is 70.0 cm³/mol. The van der Waals surface area contributed by atoms with E-state index in [1.54, 1.807) is 0 Å². The van der Waals surface area contributed by atoms with Crippen molar-refractivity contribution in [2.24, 2.45) is 17.6 Å². The zero-order chi connectivity index (χ0) is 11.9. The minimum absolute atomic E-state index is 0.0703. The molecule has 0 radical (unpaired) electrons. The first kappa shape index (κ1) is 15.0. The van der Waals surface area contributed by atoms with E-state index >= 15 is 0 Å². The molecule has 0 fully saturated rings. The molecule has 0 aliphatic rings. The van der Waals surface area contributed by atoms with Crippen LogP contribution in [0.5, 0.6) is 0 Å². The van der Waals surface area contributed by atoms with Gasteiger partial charge in [-0.2, -0.15) is 0 Å². The first-order chi connectivity index (χ1) is 6.87. The van der Waals surface area contributed by atoms with Gasteiger partial charge in [-0.05, 0) is 38.0 Å². The molecule has 0 aromatic carbocycles. The van der Waals surface area contributed by atoms with E-state index in [2.05, 4.69) is 34.6 Å². The van der Waals surface area contributed by atoms with Crippen molar-refractivity contribution in [3.05, 3.63) is 0 Å². The molecule has 0 aromatic rings. The zero-order valence-electron chi connectivity index (χ0n) is 11.5. The molecule has 0 saturated heterocycles. The summed E-state index contributed by atoms with van der Waals surface area (Å²) in [5.41, 5.74) is 6.30. The highest BCUT2D eigenvalue weighted by atomic mass is 14.7. The standard InChI is InChI=1S/C14H31N/c1-6-10-14(5,15)11-9-13(4)8-7-12(2)3/h12-13H,6-11,15H2,1-5H3. The van der Waals surface area contributed by atoms with Crippen LogP contribution >= 0.6 is 0 Å². The van der Waals surface area contributed by atoms with Gasteiger partial charge in [0.25, 0.3) is 0 Å². The third-order valence-electron chi connectivity index (χ3n) is 3.27. The molecule has 0 bridgehead atoms. The van der Waals surface area contributed by atoms with Crippen molar-refractivity contribution >= 4 is 0 Å². The molecule has 0 heterocycles. The molecule has 0 spiro atoms. The Balaban J connectivity index is 3.65. The predicted octanol–water partition coefficient (Wildman–Crippen LogP) is 4.36. The number of hydrogen-bond acceptors (Lipinski definition) is 1. The van der Waals surface area contributed by atoms with Crippen LogP contribution < -0.4 is 5.73 Å². The molecule has 1 heteroatoms. The monoisotopic (exact) mass is 213 g/mol. The molecule has 0 amide bonds. The maximum absolute atomic E-state index is 6.23. The fourth-order valence-corrected chi connectivity index (χ4v) is 2.03. The molecule has 2 atom stereocenters. The van der Waals surface area contributed by atoms with Crippen molar-refractivity contribution < 1.29 is 0 Å². The van der Waals surface area contributed by atoms with Gasteiger partial charge in [0.15, 0.2) is 0 Å². The molecule has 15 heavy (non-hydrogen) atoms. The van der Waals surface area contributed by atoms with Crippen molar-refractivity contribution in [1.29, 1.82) is 0 Å². The van der Waals surface area contributed by atoms with Crippen LogP contribution in [0, 0.1) is 11.8 Å². The van der Waals surface area contributed by atoms with Crippen LogP contribution in [0.15, 0.2) is 0 Å². The minimum atomic E-state index is 0.0703. The van der Waals surface area contributed by atoms with E-state index in [0.717, 1.165) is 18.3 Å². The lowest BCUT2D eigenvalue weighted by atomic mass is 9.86. The van der Waals surface area contributed by atoms with Gasteiger partial charge in [-0.3, -0.25) is 0 Å². The summed E-state index contributed by atoms with van der Waals surface area (Å²) in [6.45, 7) is 11.4. The Morgan fingerprint density at radius 1 is 1.00 bits per heavy atom. The highest BCUT2D eigenvalue weighted by Crippen LogP contribution is 2.22. The second-order valence-corrected chi connectivity index (χ2v) is 6.02. The van der Waals surface area contributed by atoms with E-state index in [9.17, 15) is 0 Å². The van der Waals surface area contributed by atoms with Gasteiger partial charge in [0.1, 0.15) is 0 Å². The highest BCUT2D eigenvalue weighted by molar-refractivity contribution is 4.78. The first-order valence-corrected chi connectivity index (χ1v) is 6.66. The average Bonchev–Trinajstić information content (AvgIpc) is 2.11. The molecular weight excluding hydrogens is 182 g/mol. The fourth-order valence-electron chi connectivity index (χ4n) is 2.03. The summed E-state index contributed by atoms with van der Waals surface area (Å²) in [6, 6.07) is 0. The van der Waals surface area contributed by atoms with Gasteiger partial charge < -0.3 is 5.73 Å². The van der Waals surface area contributed by atoms with Crippen molar-refractivity contribution in [3.8, 4) is 0 Å². The smallest absolute Gasteiger partial charge is 0.0125 e. The minimum Gasteiger partial charge on any atom is -0.325 e. The third kappa shape index (κ3) is 8.92. The molecular formula is C14H31N. The largest absolute Gasteiger partial charge is 0.325 e. The van der Waals surface area contributed by atoms with Gasteiger partial charge in [0.05, 0.1) is 0 Å². The normalized spacial score (nSPS) is 17.8. The second-order valence-electron chi connectivity index (χ2n) is 6.02. The Hall–Kier alpha value is -0.0400. The quantitative estimate of drug-likeness (QED) is 0.637. The number of hydrogen-bond donors (Lipinski definition) is 1. The average molecular weight is 213 g/mol. The van der Waals surface area contributed by atoms with Gasteiger partial charge >= 0.3 is 0 Å². The van der Waals surface area contributed by atoms with E-state index < -0.39 is 0 Å². The maximum atomic E-state index is 6.23. The molecule has 2 N–H and O–H groups in total. The Bertz CT molecular complexity index is 149. The molecule has 1 nitrogen and oxygen atoms in total. The van der Waals surface area contributed by atoms with Crippen LogP contribution in [-0.4, -0.2) is 5.54 Å². The van der Waals surface area contributed by atoms with Crippen molar-refractivity contribution in [2.75, 3.05) is 0 Å². The van der Waals surface area contributed by atoms with Gasteiger partial charge in [-0.15, -0.1) is 0 Å². The summed E-state index contributed by atoms with van der Waals surface area (Å²) in [5, 5.41) is 0. The first-order valence-electron chi connectivity index (χ1n) is 6.66. The molecule has 2 unspecified atom stereocenters. The van der Waals surface area contributed by atoms with Crippen LogP contribution in [0.25, 0.3) is 0 Å². The number of rotatable bonds is 8. The summed E-state index contributed by atoms with van der Waals surface area (Å²) in [4.78, 5) is 0. The van der Waals surface area contributed by atoms with Crippen molar-refractivity contribution in [2.45, 2.75) is 78.7 Å². The SMILES string of the molecule is CCCC(C)(N)CCC(C)CCC(C)C.